The molecule has 1 aromatic carbocycles. The van der Waals surface area contributed by atoms with Crippen LogP contribution in [0.2, 0.25) is 0 Å². The van der Waals surface area contributed by atoms with Gasteiger partial charge in [-0.3, -0.25) is 0 Å². The summed E-state index contributed by atoms with van der Waals surface area (Å²) in [6.45, 7) is 0. The van der Waals surface area contributed by atoms with Crippen molar-refractivity contribution in [2.24, 2.45) is 0 Å². The highest BCUT2D eigenvalue weighted by Crippen LogP contribution is 2.33. The summed E-state index contributed by atoms with van der Waals surface area (Å²) < 4.78 is 12.8. The fraction of sp³-hybridized carbons (Fsp3) is 0.222. The third kappa shape index (κ3) is 1.68. The summed E-state index contributed by atoms with van der Waals surface area (Å²) in [5.41, 5.74) is 0.690. The summed E-state index contributed by atoms with van der Waals surface area (Å²) in [6.07, 6.45) is 0. The number of aliphatic carboxylic acids is 1. The number of hydrogen-bond acceptors (Lipinski definition) is 3. The number of thioether (sulfide) groups is 1. The second kappa shape index (κ2) is 3.49. The molecule has 0 aromatic heterocycles. The molecule has 1 aliphatic rings. The molecule has 0 bridgehead atoms. The molecule has 2 N–H and O–H groups in total. The standard InChI is InChI=1S/C9H8FNO2S/c10-5-1-2-6-8(3-5)14-4-7(11-6)9(12)13/h1-3,7,11H,4H2,(H,12,13). The number of halogens is 1. The Balaban J connectivity index is 2.27. The maximum absolute atomic E-state index is 12.8. The van der Waals surface area contributed by atoms with Crippen molar-refractivity contribution in [3.63, 3.8) is 0 Å². The lowest BCUT2D eigenvalue weighted by Gasteiger charge is -2.23. The van der Waals surface area contributed by atoms with E-state index in [0.29, 0.717) is 11.4 Å². The van der Waals surface area contributed by atoms with Crippen molar-refractivity contribution in [1.82, 2.24) is 0 Å². The van der Waals surface area contributed by atoms with Crippen LogP contribution >= 0.6 is 11.8 Å². The average molecular weight is 213 g/mol. The van der Waals surface area contributed by atoms with Gasteiger partial charge in [0.1, 0.15) is 11.9 Å². The number of carboxylic acid groups (broad SMARTS) is 1. The van der Waals surface area contributed by atoms with Crippen LogP contribution in [0.1, 0.15) is 0 Å². The number of carbonyl (C=O) groups is 1. The fourth-order valence-electron chi connectivity index (χ4n) is 1.27. The average Bonchev–Trinajstić information content (AvgIpc) is 2.16. The van der Waals surface area contributed by atoms with E-state index in [1.165, 1.54) is 23.9 Å². The molecule has 3 nitrogen and oxygen atoms in total. The van der Waals surface area contributed by atoms with Gasteiger partial charge in [0.05, 0.1) is 0 Å². The van der Waals surface area contributed by atoms with Crippen molar-refractivity contribution in [3.05, 3.63) is 24.0 Å². The Morgan fingerprint density at radius 3 is 3.14 bits per heavy atom. The Morgan fingerprint density at radius 2 is 2.43 bits per heavy atom. The molecule has 2 rings (SSSR count). The molecule has 0 radical (unpaired) electrons. The van der Waals surface area contributed by atoms with Gasteiger partial charge >= 0.3 is 5.97 Å². The van der Waals surface area contributed by atoms with E-state index < -0.39 is 12.0 Å². The highest BCUT2D eigenvalue weighted by Gasteiger charge is 2.23. The van der Waals surface area contributed by atoms with E-state index in [2.05, 4.69) is 5.32 Å². The second-order valence-electron chi connectivity index (χ2n) is 2.99. The summed E-state index contributed by atoms with van der Waals surface area (Å²) in [5.74, 6) is -0.759. The summed E-state index contributed by atoms with van der Waals surface area (Å²) in [6, 6.07) is 3.70. The van der Waals surface area contributed by atoms with E-state index in [4.69, 9.17) is 5.11 Å². The zero-order valence-corrected chi connectivity index (χ0v) is 7.97. The number of carboxylic acids is 1. The van der Waals surface area contributed by atoms with E-state index in [0.717, 1.165) is 4.90 Å². The van der Waals surface area contributed by atoms with Crippen LogP contribution in [0, 0.1) is 5.82 Å². The lowest BCUT2D eigenvalue weighted by molar-refractivity contribution is -0.137. The highest BCUT2D eigenvalue weighted by molar-refractivity contribution is 7.99. The van der Waals surface area contributed by atoms with Gasteiger partial charge in [-0.1, -0.05) is 0 Å². The number of benzene rings is 1. The monoisotopic (exact) mass is 213 g/mol. The van der Waals surface area contributed by atoms with Crippen molar-refractivity contribution in [3.8, 4) is 0 Å². The first-order valence-corrected chi connectivity index (χ1v) is 5.07. The molecule has 0 saturated carbocycles. The van der Waals surface area contributed by atoms with Crippen LogP contribution < -0.4 is 5.32 Å². The van der Waals surface area contributed by atoms with Gasteiger partial charge in [-0.25, -0.2) is 9.18 Å². The summed E-state index contributed by atoms with van der Waals surface area (Å²) in [4.78, 5) is 11.4. The normalized spacial score (nSPS) is 19.6. The van der Waals surface area contributed by atoms with Crippen LogP contribution in [0.4, 0.5) is 10.1 Å². The fourth-order valence-corrected chi connectivity index (χ4v) is 2.32. The molecule has 14 heavy (non-hydrogen) atoms. The second-order valence-corrected chi connectivity index (χ2v) is 4.05. The Bertz CT molecular complexity index is 383. The van der Waals surface area contributed by atoms with Crippen molar-refractivity contribution >= 4 is 23.4 Å². The molecule has 1 unspecified atom stereocenters. The molecule has 1 atom stereocenters. The summed E-state index contributed by atoms with van der Waals surface area (Å²) in [7, 11) is 0. The molecular weight excluding hydrogens is 205 g/mol. The van der Waals surface area contributed by atoms with Gasteiger partial charge in [0.2, 0.25) is 0 Å². The number of rotatable bonds is 1. The number of fused-ring (bicyclic) bond motifs is 1. The van der Waals surface area contributed by atoms with Gasteiger partial charge in [-0.15, -0.1) is 11.8 Å². The van der Waals surface area contributed by atoms with E-state index in [1.807, 2.05) is 0 Å². The van der Waals surface area contributed by atoms with E-state index in [-0.39, 0.29) is 5.82 Å². The third-order valence-electron chi connectivity index (χ3n) is 1.98. The van der Waals surface area contributed by atoms with Crippen LogP contribution in [0.5, 0.6) is 0 Å². The lowest BCUT2D eigenvalue weighted by Crippen LogP contribution is -2.34. The molecular formula is C9H8FNO2S. The minimum Gasteiger partial charge on any atom is -0.480 e. The van der Waals surface area contributed by atoms with Crippen LogP contribution in [0.25, 0.3) is 0 Å². The quantitative estimate of drug-likeness (QED) is 0.746. The van der Waals surface area contributed by atoms with Gasteiger partial charge in [-0.2, -0.15) is 0 Å². The Morgan fingerprint density at radius 1 is 1.64 bits per heavy atom. The smallest absolute Gasteiger partial charge is 0.326 e. The van der Waals surface area contributed by atoms with Crippen molar-refractivity contribution in [1.29, 1.82) is 0 Å². The first kappa shape index (κ1) is 9.33. The van der Waals surface area contributed by atoms with Crippen molar-refractivity contribution in [2.75, 3.05) is 11.1 Å². The topological polar surface area (TPSA) is 49.3 Å². The van der Waals surface area contributed by atoms with Gasteiger partial charge in [0.25, 0.3) is 0 Å². The molecule has 0 amide bonds. The zero-order chi connectivity index (χ0) is 10.1. The zero-order valence-electron chi connectivity index (χ0n) is 7.16. The first-order valence-electron chi connectivity index (χ1n) is 4.08. The van der Waals surface area contributed by atoms with Crippen molar-refractivity contribution < 1.29 is 14.3 Å². The Kier molecular flexibility index (Phi) is 2.33. The van der Waals surface area contributed by atoms with Crippen LogP contribution in [0.15, 0.2) is 23.1 Å². The maximum Gasteiger partial charge on any atom is 0.326 e. The van der Waals surface area contributed by atoms with Gasteiger partial charge in [-0.05, 0) is 18.2 Å². The third-order valence-corrected chi connectivity index (χ3v) is 3.13. The minimum atomic E-state index is -0.882. The van der Waals surface area contributed by atoms with Gasteiger partial charge in [0.15, 0.2) is 0 Å². The molecule has 0 saturated heterocycles. The predicted molar refractivity (Wildman–Crippen MR) is 52.2 cm³/mol. The summed E-state index contributed by atoms with van der Waals surface area (Å²) in [5, 5.41) is 11.6. The highest BCUT2D eigenvalue weighted by atomic mass is 32.2. The Labute approximate surface area is 84.3 Å². The van der Waals surface area contributed by atoms with Crippen molar-refractivity contribution in [2.45, 2.75) is 10.9 Å². The molecule has 5 heteroatoms. The lowest BCUT2D eigenvalue weighted by atomic mass is 10.2. The van der Waals surface area contributed by atoms with Gasteiger partial charge < -0.3 is 10.4 Å². The predicted octanol–water partition coefficient (Wildman–Crippen LogP) is 1.80. The van der Waals surface area contributed by atoms with Crippen LogP contribution in [-0.2, 0) is 4.79 Å². The first-order chi connectivity index (χ1) is 6.66. The molecule has 0 spiro atoms. The van der Waals surface area contributed by atoms with E-state index in [1.54, 1.807) is 6.07 Å². The van der Waals surface area contributed by atoms with Crippen LogP contribution in [0.3, 0.4) is 0 Å². The summed E-state index contributed by atoms with van der Waals surface area (Å²) >= 11 is 1.36. The molecule has 1 aliphatic heterocycles. The molecule has 1 aromatic rings. The molecule has 1 heterocycles. The Hall–Kier alpha value is -1.23. The number of anilines is 1. The van der Waals surface area contributed by atoms with Crippen LogP contribution in [-0.4, -0.2) is 22.9 Å². The number of nitrogens with one attached hydrogen (secondary N) is 1. The molecule has 0 fully saturated rings. The van der Waals surface area contributed by atoms with E-state index in [9.17, 15) is 9.18 Å². The molecule has 0 aliphatic carbocycles. The van der Waals surface area contributed by atoms with Gasteiger partial charge in [0, 0.05) is 16.3 Å². The molecule has 74 valence electrons. The van der Waals surface area contributed by atoms with E-state index >= 15 is 0 Å². The SMILES string of the molecule is O=C(O)C1CSc2cc(F)ccc2N1. The minimum absolute atomic E-state index is 0.299. The largest absolute Gasteiger partial charge is 0.480 e. The number of hydrogen-bond donors (Lipinski definition) is 2. The maximum atomic E-state index is 12.8.